The summed E-state index contributed by atoms with van der Waals surface area (Å²) in [6.45, 7) is 0.794. The largest absolute Gasteiger partial charge is 0.329 e. The first-order valence-electron chi connectivity index (χ1n) is 6.30. The van der Waals surface area contributed by atoms with Crippen LogP contribution in [0.15, 0.2) is 29.2 Å². The van der Waals surface area contributed by atoms with Gasteiger partial charge in [-0.2, -0.15) is 0 Å². The summed E-state index contributed by atoms with van der Waals surface area (Å²) in [6.07, 6.45) is 6.89. The molecule has 0 heterocycles. The number of halogens is 1. The second kappa shape index (κ2) is 4.18. The molecule has 1 nitrogen and oxygen atoms in total. The molecule has 0 atom stereocenters. The lowest BCUT2D eigenvalue weighted by Gasteiger charge is -2.60. The van der Waals surface area contributed by atoms with E-state index in [0.29, 0.717) is 10.2 Å². The Hall–Kier alpha value is -0.180. The van der Waals surface area contributed by atoms with Gasteiger partial charge in [-0.05, 0) is 55.4 Å². The number of rotatable bonds is 3. The number of thioether (sulfide) groups is 1. The molecule has 0 unspecified atom stereocenters. The predicted molar refractivity (Wildman–Crippen MR) is 74.6 cm³/mol. The highest BCUT2D eigenvalue weighted by molar-refractivity contribution is 8.00. The van der Waals surface area contributed by atoms with Crippen molar-refractivity contribution in [1.82, 2.24) is 0 Å². The number of hydrogen-bond acceptors (Lipinski definition) is 2. The highest BCUT2D eigenvalue weighted by Gasteiger charge is 2.56. The zero-order chi connectivity index (χ0) is 11.9. The summed E-state index contributed by atoms with van der Waals surface area (Å²) < 4.78 is 0.300. The molecule has 2 aliphatic rings. The van der Waals surface area contributed by atoms with Crippen LogP contribution in [0.4, 0.5) is 0 Å². The molecule has 0 radical (unpaired) electrons. The summed E-state index contributed by atoms with van der Waals surface area (Å²) in [5.41, 5.74) is 6.68. The van der Waals surface area contributed by atoms with Gasteiger partial charge in [0.15, 0.2) is 0 Å². The molecule has 0 saturated heterocycles. The van der Waals surface area contributed by atoms with E-state index in [4.69, 9.17) is 17.3 Å². The first kappa shape index (κ1) is 11.9. The molecule has 2 saturated carbocycles. The molecule has 0 aromatic heterocycles. The van der Waals surface area contributed by atoms with Crippen molar-refractivity contribution in [3.63, 3.8) is 0 Å². The van der Waals surface area contributed by atoms with Gasteiger partial charge < -0.3 is 5.73 Å². The van der Waals surface area contributed by atoms with Crippen LogP contribution in [0.2, 0.25) is 5.02 Å². The molecule has 1 aromatic rings. The normalized spacial score (nSPS) is 24.1. The first-order valence-corrected chi connectivity index (χ1v) is 7.50. The van der Waals surface area contributed by atoms with Crippen molar-refractivity contribution >= 4 is 23.4 Å². The SMILES string of the molecule is NCC1(Sc2ccc(Cl)cc2)CC2(CCC2)C1. The second-order valence-corrected chi connectivity index (χ2v) is 7.63. The predicted octanol–water partition coefficient (Wildman–Crippen LogP) is 4.09. The average molecular weight is 268 g/mol. The molecule has 2 aliphatic carbocycles. The molecule has 2 fully saturated rings. The zero-order valence-electron chi connectivity index (χ0n) is 9.92. The van der Waals surface area contributed by atoms with Crippen LogP contribution >= 0.6 is 23.4 Å². The second-order valence-electron chi connectivity index (χ2n) is 5.65. The van der Waals surface area contributed by atoms with E-state index in [-0.39, 0.29) is 0 Å². The van der Waals surface area contributed by atoms with Crippen LogP contribution in [0.3, 0.4) is 0 Å². The Morgan fingerprint density at radius 3 is 2.29 bits per heavy atom. The maximum absolute atomic E-state index is 6.00. The van der Waals surface area contributed by atoms with Gasteiger partial charge in [0.1, 0.15) is 0 Å². The Morgan fingerprint density at radius 2 is 1.82 bits per heavy atom. The lowest BCUT2D eigenvalue weighted by Crippen LogP contribution is -2.56. The number of hydrogen-bond donors (Lipinski definition) is 1. The van der Waals surface area contributed by atoms with Crippen molar-refractivity contribution in [2.45, 2.75) is 41.7 Å². The molecule has 0 aliphatic heterocycles. The minimum absolute atomic E-state index is 0.300. The van der Waals surface area contributed by atoms with E-state index < -0.39 is 0 Å². The van der Waals surface area contributed by atoms with Crippen LogP contribution in [0.1, 0.15) is 32.1 Å². The minimum Gasteiger partial charge on any atom is -0.329 e. The van der Waals surface area contributed by atoms with E-state index >= 15 is 0 Å². The van der Waals surface area contributed by atoms with Crippen molar-refractivity contribution in [3.05, 3.63) is 29.3 Å². The van der Waals surface area contributed by atoms with Crippen molar-refractivity contribution in [1.29, 1.82) is 0 Å². The van der Waals surface area contributed by atoms with Gasteiger partial charge in [0.2, 0.25) is 0 Å². The summed E-state index contributed by atoms with van der Waals surface area (Å²) in [5.74, 6) is 0. The molecule has 2 N–H and O–H groups in total. The molecule has 0 bridgehead atoms. The molecular weight excluding hydrogens is 250 g/mol. The van der Waals surface area contributed by atoms with Gasteiger partial charge in [-0.3, -0.25) is 0 Å². The highest BCUT2D eigenvalue weighted by atomic mass is 35.5. The molecule has 17 heavy (non-hydrogen) atoms. The Balaban J connectivity index is 1.69. The molecule has 1 spiro atoms. The third-order valence-electron chi connectivity index (χ3n) is 4.33. The fourth-order valence-electron chi connectivity index (χ4n) is 3.36. The van der Waals surface area contributed by atoms with Gasteiger partial charge in [-0.15, -0.1) is 11.8 Å². The van der Waals surface area contributed by atoms with Crippen LogP contribution < -0.4 is 5.73 Å². The Labute approximate surface area is 112 Å². The summed E-state index contributed by atoms with van der Waals surface area (Å²) in [6, 6.07) is 8.14. The van der Waals surface area contributed by atoms with Crippen molar-refractivity contribution in [3.8, 4) is 0 Å². The van der Waals surface area contributed by atoms with Gasteiger partial charge in [-0.1, -0.05) is 18.0 Å². The van der Waals surface area contributed by atoms with Crippen LogP contribution in [-0.4, -0.2) is 11.3 Å². The van der Waals surface area contributed by atoms with Crippen molar-refractivity contribution in [2.75, 3.05) is 6.54 Å². The third kappa shape index (κ3) is 2.11. The lowest BCUT2D eigenvalue weighted by atomic mass is 9.51. The topological polar surface area (TPSA) is 26.0 Å². The third-order valence-corrected chi connectivity index (χ3v) is 5.98. The quantitative estimate of drug-likeness (QED) is 0.893. The van der Waals surface area contributed by atoms with Gasteiger partial charge in [-0.25, -0.2) is 0 Å². The molecular formula is C14H18ClNS. The minimum atomic E-state index is 0.300. The maximum atomic E-state index is 6.00. The standard InChI is InChI=1S/C14H18ClNS/c15-11-2-4-12(5-3-11)17-14(10-16)8-13(9-14)6-1-7-13/h2-5H,1,6-10,16H2. The summed E-state index contributed by atoms with van der Waals surface area (Å²) in [5, 5.41) is 0.806. The summed E-state index contributed by atoms with van der Waals surface area (Å²) >= 11 is 7.86. The molecule has 1 aromatic carbocycles. The average Bonchev–Trinajstić information content (AvgIpc) is 2.23. The van der Waals surface area contributed by atoms with Crippen LogP contribution in [0.5, 0.6) is 0 Å². The van der Waals surface area contributed by atoms with Gasteiger partial charge in [0.05, 0.1) is 0 Å². The molecule has 3 rings (SSSR count). The van der Waals surface area contributed by atoms with Crippen LogP contribution in [-0.2, 0) is 0 Å². The fraction of sp³-hybridized carbons (Fsp3) is 0.571. The van der Waals surface area contributed by atoms with Crippen LogP contribution in [0, 0.1) is 5.41 Å². The monoisotopic (exact) mass is 267 g/mol. The Bertz CT molecular complexity index is 403. The van der Waals surface area contributed by atoms with E-state index in [9.17, 15) is 0 Å². The smallest absolute Gasteiger partial charge is 0.0406 e. The molecule has 3 heteroatoms. The van der Waals surface area contributed by atoms with Gasteiger partial charge in [0.25, 0.3) is 0 Å². The van der Waals surface area contributed by atoms with E-state index in [1.807, 2.05) is 23.9 Å². The molecule has 0 amide bonds. The van der Waals surface area contributed by atoms with E-state index in [1.165, 1.54) is 37.0 Å². The highest BCUT2D eigenvalue weighted by Crippen LogP contribution is 2.65. The summed E-state index contributed by atoms with van der Waals surface area (Å²) in [7, 11) is 0. The fourth-order valence-corrected chi connectivity index (χ4v) is 5.09. The molecule has 92 valence electrons. The van der Waals surface area contributed by atoms with Gasteiger partial charge in [0, 0.05) is 21.2 Å². The first-order chi connectivity index (χ1) is 8.15. The zero-order valence-corrected chi connectivity index (χ0v) is 11.5. The van der Waals surface area contributed by atoms with Crippen molar-refractivity contribution in [2.24, 2.45) is 11.1 Å². The van der Waals surface area contributed by atoms with Crippen molar-refractivity contribution < 1.29 is 0 Å². The van der Waals surface area contributed by atoms with Gasteiger partial charge >= 0.3 is 0 Å². The van der Waals surface area contributed by atoms with Crippen LogP contribution in [0.25, 0.3) is 0 Å². The Morgan fingerprint density at radius 1 is 1.18 bits per heavy atom. The lowest BCUT2D eigenvalue weighted by molar-refractivity contribution is -0.00139. The Kier molecular flexibility index (Phi) is 2.92. The number of nitrogens with two attached hydrogens (primary N) is 1. The number of benzene rings is 1. The maximum Gasteiger partial charge on any atom is 0.0406 e. The van der Waals surface area contributed by atoms with E-state index in [1.54, 1.807) is 0 Å². The van der Waals surface area contributed by atoms with E-state index in [0.717, 1.165) is 11.6 Å². The van der Waals surface area contributed by atoms with E-state index in [2.05, 4.69) is 12.1 Å². The summed E-state index contributed by atoms with van der Waals surface area (Å²) in [4.78, 5) is 1.30.